The van der Waals surface area contributed by atoms with E-state index in [1.807, 2.05) is 4.90 Å². The number of hydrogen-bond acceptors (Lipinski definition) is 1. The number of rotatable bonds is 3. The molecule has 20 heavy (non-hydrogen) atoms. The van der Waals surface area contributed by atoms with Crippen LogP contribution >= 0.6 is 22.6 Å². The van der Waals surface area contributed by atoms with E-state index in [1.54, 1.807) is 0 Å². The minimum absolute atomic E-state index is 0.196. The number of benzene rings is 2. The summed E-state index contributed by atoms with van der Waals surface area (Å²) in [5.74, 6) is 0.196. The number of carbonyl (C=O) groups is 1. The zero-order valence-electron chi connectivity index (χ0n) is 11.4. The fraction of sp³-hybridized carbons (Fsp3) is 0.235. The Hall–Kier alpha value is -1.36. The van der Waals surface area contributed by atoms with Gasteiger partial charge >= 0.3 is 0 Å². The number of amides is 1. The molecule has 2 aromatic rings. The predicted molar refractivity (Wildman–Crippen MR) is 89.9 cm³/mol. The molecule has 0 fully saturated rings. The average molecular weight is 377 g/mol. The van der Waals surface area contributed by atoms with Crippen molar-refractivity contribution >= 4 is 34.2 Å². The Morgan fingerprint density at radius 3 is 2.50 bits per heavy atom. The van der Waals surface area contributed by atoms with Crippen molar-refractivity contribution in [3.8, 4) is 0 Å². The van der Waals surface area contributed by atoms with Crippen LogP contribution in [0.1, 0.15) is 23.6 Å². The summed E-state index contributed by atoms with van der Waals surface area (Å²) in [6, 6.07) is 14.8. The first-order valence-corrected chi connectivity index (χ1v) is 7.92. The van der Waals surface area contributed by atoms with Gasteiger partial charge in [-0.2, -0.15) is 0 Å². The SMILES string of the molecule is CCc1ccc(CN2C(=O)Cc3cc(I)ccc32)cc1. The molecule has 1 heterocycles. The van der Waals surface area contributed by atoms with E-state index in [0.29, 0.717) is 13.0 Å². The van der Waals surface area contributed by atoms with Crippen LogP contribution in [0.3, 0.4) is 0 Å². The van der Waals surface area contributed by atoms with Gasteiger partial charge in [-0.05, 0) is 63.9 Å². The van der Waals surface area contributed by atoms with Crippen LogP contribution in [0.25, 0.3) is 0 Å². The van der Waals surface area contributed by atoms with Gasteiger partial charge in [0.15, 0.2) is 0 Å². The van der Waals surface area contributed by atoms with Crippen molar-refractivity contribution in [2.45, 2.75) is 26.3 Å². The van der Waals surface area contributed by atoms with Crippen LogP contribution in [-0.4, -0.2) is 5.91 Å². The maximum Gasteiger partial charge on any atom is 0.231 e. The van der Waals surface area contributed by atoms with E-state index >= 15 is 0 Å². The second-order valence-corrected chi connectivity index (χ2v) is 6.35. The summed E-state index contributed by atoms with van der Waals surface area (Å²) < 4.78 is 1.18. The van der Waals surface area contributed by atoms with E-state index < -0.39 is 0 Å². The summed E-state index contributed by atoms with van der Waals surface area (Å²) in [7, 11) is 0. The predicted octanol–water partition coefficient (Wildman–Crippen LogP) is 3.94. The molecule has 2 nitrogen and oxygen atoms in total. The van der Waals surface area contributed by atoms with Crippen LogP contribution < -0.4 is 4.90 Å². The minimum Gasteiger partial charge on any atom is -0.307 e. The maximum atomic E-state index is 12.2. The Balaban J connectivity index is 1.86. The highest BCUT2D eigenvalue weighted by atomic mass is 127. The van der Waals surface area contributed by atoms with Gasteiger partial charge in [-0.15, -0.1) is 0 Å². The first-order chi connectivity index (χ1) is 9.67. The standard InChI is InChI=1S/C17H16INO/c1-2-12-3-5-13(6-4-12)11-19-16-8-7-15(18)9-14(16)10-17(19)20/h3-9H,2,10-11H2,1H3. The Morgan fingerprint density at radius 2 is 1.80 bits per heavy atom. The summed E-state index contributed by atoms with van der Waals surface area (Å²) in [5.41, 5.74) is 4.72. The quantitative estimate of drug-likeness (QED) is 0.742. The summed E-state index contributed by atoms with van der Waals surface area (Å²) >= 11 is 2.29. The number of anilines is 1. The number of fused-ring (bicyclic) bond motifs is 1. The van der Waals surface area contributed by atoms with E-state index in [1.165, 1.54) is 14.7 Å². The van der Waals surface area contributed by atoms with Crippen molar-refractivity contribution < 1.29 is 4.79 Å². The molecule has 0 atom stereocenters. The van der Waals surface area contributed by atoms with Gasteiger partial charge in [0, 0.05) is 9.26 Å². The van der Waals surface area contributed by atoms with Gasteiger partial charge in [-0.3, -0.25) is 4.79 Å². The normalized spacial score (nSPS) is 13.7. The highest BCUT2D eigenvalue weighted by Gasteiger charge is 2.27. The fourth-order valence-corrected chi connectivity index (χ4v) is 3.14. The molecular weight excluding hydrogens is 361 g/mol. The largest absolute Gasteiger partial charge is 0.307 e. The second kappa shape index (κ2) is 5.56. The van der Waals surface area contributed by atoms with Crippen molar-refractivity contribution in [1.82, 2.24) is 0 Å². The lowest BCUT2D eigenvalue weighted by molar-refractivity contribution is -0.117. The third kappa shape index (κ3) is 2.59. The van der Waals surface area contributed by atoms with Gasteiger partial charge in [0.05, 0.1) is 13.0 Å². The van der Waals surface area contributed by atoms with Crippen LogP contribution in [0.15, 0.2) is 42.5 Å². The third-order valence-electron chi connectivity index (χ3n) is 3.75. The zero-order chi connectivity index (χ0) is 14.1. The van der Waals surface area contributed by atoms with E-state index in [2.05, 4.69) is 72.0 Å². The van der Waals surface area contributed by atoms with Crippen LogP contribution in [-0.2, 0) is 24.2 Å². The molecular formula is C17H16INO. The molecule has 1 amide bonds. The van der Waals surface area contributed by atoms with Gasteiger partial charge in [0.2, 0.25) is 5.91 Å². The van der Waals surface area contributed by atoms with E-state index in [9.17, 15) is 4.79 Å². The molecule has 3 rings (SSSR count). The third-order valence-corrected chi connectivity index (χ3v) is 4.42. The van der Waals surface area contributed by atoms with Crippen LogP contribution in [0.4, 0.5) is 5.69 Å². The lowest BCUT2D eigenvalue weighted by Crippen LogP contribution is -2.25. The van der Waals surface area contributed by atoms with Crippen LogP contribution in [0.2, 0.25) is 0 Å². The number of carbonyl (C=O) groups excluding carboxylic acids is 1. The lowest BCUT2D eigenvalue weighted by Gasteiger charge is -2.18. The summed E-state index contributed by atoms with van der Waals surface area (Å²) in [5, 5.41) is 0. The zero-order valence-corrected chi connectivity index (χ0v) is 13.6. The molecule has 2 aromatic carbocycles. The summed E-state index contributed by atoms with van der Waals surface area (Å²) in [4.78, 5) is 14.1. The first kappa shape index (κ1) is 13.6. The fourth-order valence-electron chi connectivity index (χ4n) is 2.59. The van der Waals surface area contributed by atoms with Crippen molar-refractivity contribution in [3.63, 3.8) is 0 Å². The minimum atomic E-state index is 0.196. The van der Waals surface area contributed by atoms with Crippen LogP contribution in [0, 0.1) is 3.57 Å². The van der Waals surface area contributed by atoms with Crippen molar-refractivity contribution in [1.29, 1.82) is 0 Å². The number of halogens is 1. The molecule has 0 radical (unpaired) electrons. The first-order valence-electron chi connectivity index (χ1n) is 6.84. The summed E-state index contributed by atoms with van der Waals surface area (Å²) in [6.07, 6.45) is 1.57. The lowest BCUT2D eigenvalue weighted by atomic mass is 10.1. The average Bonchev–Trinajstić information content (AvgIpc) is 2.75. The molecule has 102 valence electrons. The molecule has 0 unspecified atom stereocenters. The topological polar surface area (TPSA) is 20.3 Å². The van der Waals surface area contributed by atoms with Crippen molar-refractivity contribution in [2.24, 2.45) is 0 Å². The molecule has 3 heteroatoms. The molecule has 0 bridgehead atoms. The monoisotopic (exact) mass is 377 g/mol. The molecule has 1 aliphatic heterocycles. The summed E-state index contributed by atoms with van der Waals surface area (Å²) in [6.45, 7) is 2.81. The van der Waals surface area contributed by atoms with Crippen molar-refractivity contribution in [3.05, 3.63) is 62.7 Å². The second-order valence-electron chi connectivity index (χ2n) is 5.10. The highest BCUT2D eigenvalue weighted by Crippen LogP contribution is 2.31. The van der Waals surface area contributed by atoms with Gasteiger partial charge in [-0.1, -0.05) is 31.2 Å². The smallest absolute Gasteiger partial charge is 0.231 e. The molecule has 0 aliphatic carbocycles. The molecule has 0 spiro atoms. The van der Waals surface area contributed by atoms with E-state index in [4.69, 9.17) is 0 Å². The highest BCUT2D eigenvalue weighted by molar-refractivity contribution is 14.1. The number of hydrogen-bond donors (Lipinski definition) is 0. The van der Waals surface area contributed by atoms with Crippen LogP contribution in [0.5, 0.6) is 0 Å². The van der Waals surface area contributed by atoms with E-state index in [-0.39, 0.29) is 5.91 Å². The molecule has 0 saturated carbocycles. The maximum absolute atomic E-state index is 12.2. The Labute approximate surface area is 132 Å². The van der Waals surface area contributed by atoms with Gasteiger partial charge in [-0.25, -0.2) is 0 Å². The van der Waals surface area contributed by atoms with Gasteiger partial charge in [0.25, 0.3) is 0 Å². The molecule has 0 N–H and O–H groups in total. The Bertz CT molecular complexity index is 649. The van der Waals surface area contributed by atoms with E-state index in [0.717, 1.165) is 17.7 Å². The Kier molecular flexibility index (Phi) is 3.78. The number of nitrogens with zero attached hydrogens (tertiary/aromatic N) is 1. The number of aryl methyl sites for hydroxylation is 1. The van der Waals surface area contributed by atoms with Crippen molar-refractivity contribution in [2.75, 3.05) is 4.90 Å². The van der Waals surface area contributed by atoms with Gasteiger partial charge < -0.3 is 4.90 Å². The Morgan fingerprint density at radius 1 is 1.10 bits per heavy atom. The molecule has 0 aromatic heterocycles. The molecule has 0 saturated heterocycles. The molecule has 1 aliphatic rings. The van der Waals surface area contributed by atoms with Gasteiger partial charge in [0.1, 0.15) is 0 Å².